The zero-order chi connectivity index (χ0) is 16.1. The molecule has 116 valence electrons. The van der Waals surface area contributed by atoms with Gasteiger partial charge >= 0.3 is 5.69 Å². The van der Waals surface area contributed by atoms with E-state index in [1.165, 1.54) is 0 Å². The molecule has 0 aliphatic rings. The van der Waals surface area contributed by atoms with Gasteiger partial charge in [0.15, 0.2) is 0 Å². The molecule has 0 aliphatic carbocycles. The van der Waals surface area contributed by atoms with E-state index in [9.17, 15) is 4.79 Å². The monoisotopic (exact) mass is 307 g/mol. The van der Waals surface area contributed by atoms with Crippen LogP contribution in [-0.4, -0.2) is 9.55 Å². The lowest BCUT2D eigenvalue weighted by molar-refractivity contribution is 0.542. The van der Waals surface area contributed by atoms with Crippen molar-refractivity contribution in [3.05, 3.63) is 64.4 Å². The van der Waals surface area contributed by atoms with Crippen LogP contribution in [0.4, 0.5) is 0 Å². The minimum atomic E-state index is -0.310. The highest BCUT2D eigenvalue weighted by atomic mass is 16.3. The van der Waals surface area contributed by atoms with Gasteiger partial charge in [-0.05, 0) is 24.5 Å². The van der Waals surface area contributed by atoms with Crippen LogP contribution in [0.25, 0.3) is 11.1 Å². The van der Waals surface area contributed by atoms with Gasteiger partial charge in [-0.25, -0.2) is 4.79 Å². The molecule has 0 amide bonds. The topological polar surface area (TPSA) is 71.8 Å². The summed E-state index contributed by atoms with van der Waals surface area (Å²) in [4.78, 5) is 16.0. The molecule has 0 saturated heterocycles. The van der Waals surface area contributed by atoms with Gasteiger partial charge in [-0.15, -0.1) is 0 Å². The number of benzene rings is 1. The van der Waals surface area contributed by atoms with Gasteiger partial charge in [-0.1, -0.05) is 30.3 Å². The molecule has 0 bridgehead atoms. The molecular weight excluding hydrogens is 290 g/mol. The van der Waals surface area contributed by atoms with Crippen LogP contribution in [-0.2, 0) is 13.0 Å². The number of nitrogens with zero attached hydrogens (tertiary/aromatic N) is 3. The van der Waals surface area contributed by atoms with Crippen LogP contribution in [0, 0.1) is 11.3 Å². The first kappa shape index (κ1) is 15.0. The zero-order valence-electron chi connectivity index (χ0n) is 12.7. The van der Waals surface area contributed by atoms with Crippen LogP contribution in [0.2, 0.25) is 0 Å². The Morgan fingerprint density at radius 1 is 1.22 bits per heavy atom. The highest BCUT2D eigenvalue weighted by molar-refractivity contribution is 5.72. The van der Waals surface area contributed by atoms with Crippen molar-refractivity contribution in [2.24, 2.45) is 0 Å². The van der Waals surface area contributed by atoms with E-state index in [1.54, 1.807) is 10.8 Å². The molecule has 5 nitrogen and oxygen atoms in total. The van der Waals surface area contributed by atoms with Crippen LogP contribution in [0.1, 0.15) is 30.6 Å². The van der Waals surface area contributed by atoms with Gasteiger partial charge in [-0.2, -0.15) is 10.2 Å². The number of aryl methyl sites for hydroxylation is 1. The van der Waals surface area contributed by atoms with Gasteiger partial charge in [0.2, 0.25) is 5.71 Å². The molecule has 0 saturated carbocycles. The first-order valence-corrected chi connectivity index (χ1v) is 7.67. The quantitative estimate of drug-likeness (QED) is 0.655. The van der Waals surface area contributed by atoms with Crippen LogP contribution in [0.3, 0.4) is 0 Å². The highest BCUT2D eigenvalue weighted by Crippen LogP contribution is 2.18. The van der Waals surface area contributed by atoms with Gasteiger partial charge in [0.1, 0.15) is 5.76 Å². The van der Waals surface area contributed by atoms with Crippen molar-refractivity contribution < 1.29 is 4.42 Å². The molecule has 0 unspecified atom stereocenters. The third kappa shape index (κ3) is 3.67. The van der Waals surface area contributed by atoms with Crippen LogP contribution >= 0.6 is 0 Å². The Morgan fingerprint density at radius 3 is 2.83 bits per heavy atom. The van der Waals surface area contributed by atoms with Crippen LogP contribution in [0.5, 0.6) is 0 Å². The fourth-order valence-electron chi connectivity index (χ4n) is 2.53. The second kappa shape index (κ2) is 6.93. The average molecular weight is 307 g/mol. The molecule has 3 rings (SSSR count). The third-order valence-corrected chi connectivity index (χ3v) is 3.69. The molecule has 0 aliphatic heterocycles. The van der Waals surface area contributed by atoms with Crippen molar-refractivity contribution in [3.8, 4) is 6.07 Å². The molecular formula is C18H17N3O2. The Balaban J connectivity index is 1.80. The zero-order valence-corrected chi connectivity index (χ0v) is 12.7. The number of hydrogen-bond donors (Lipinski definition) is 0. The van der Waals surface area contributed by atoms with Gasteiger partial charge < -0.3 is 4.42 Å². The number of hydrogen-bond acceptors (Lipinski definition) is 4. The van der Waals surface area contributed by atoms with Crippen molar-refractivity contribution in [1.82, 2.24) is 9.55 Å². The minimum Gasteiger partial charge on any atom is -0.442 e. The summed E-state index contributed by atoms with van der Waals surface area (Å²) in [6.07, 6.45) is 4.54. The number of furan rings is 1. The molecule has 0 spiro atoms. The van der Waals surface area contributed by atoms with E-state index in [0.29, 0.717) is 25.1 Å². The fraction of sp³-hybridized carbons (Fsp3) is 0.278. The molecule has 2 aromatic heterocycles. The number of rotatable bonds is 6. The summed E-state index contributed by atoms with van der Waals surface area (Å²) in [5.41, 5.74) is 1.22. The van der Waals surface area contributed by atoms with Crippen LogP contribution < -0.4 is 5.69 Å². The van der Waals surface area contributed by atoms with E-state index < -0.39 is 0 Å². The molecule has 0 N–H and O–H groups in total. The van der Waals surface area contributed by atoms with E-state index in [4.69, 9.17) is 9.68 Å². The Labute approximate surface area is 133 Å². The van der Waals surface area contributed by atoms with Crippen molar-refractivity contribution in [2.75, 3.05) is 0 Å². The van der Waals surface area contributed by atoms with Gasteiger partial charge in [0, 0.05) is 25.6 Å². The lowest BCUT2D eigenvalue weighted by atomic mass is 10.1. The van der Waals surface area contributed by atoms with E-state index in [2.05, 4.69) is 11.1 Å². The molecule has 23 heavy (non-hydrogen) atoms. The summed E-state index contributed by atoms with van der Waals surface area (Å²) in [7, 11) is 0. The maximum absolute atomic E-state index is 12.0. The second-order valence-corrected chi connectivity index (χ2v) is 5.47. The van der Waals surface area contributed by atoms with E-state index >= 15 is 0 Å². The van der Waals surface area contributed by atoms with E-state index in [1.807, 2.05) is 36.4 Å². The van der Waals surface area contributed by atoms with Crippen LogP contribution in [0.15, 0.2) is 51.8 Å². The van der Waals surface area contributed by atoms with Crippen molar-refractivity contribution >= 4 is 11.1 Å². The van der Waals surface area contributed by atoms with E-state index in [-0.39, 0.29) is 5.69 Å². The number of unbranched alkanes of at least 4 members (excludes halogenated alkanes) is 2. The summed E-state index contributed by atoms with van der Waals surface area (Å²) < 4.78 is 7.27. The van der Waals surface area contributed by atoms with Crippen molar-refractivity contribution in [3.63, 3.8) is 0 Å². The lowest BCUT2D eigenvalue weighted by Gasteiger charge is -2.02. The SMILES string of the molecule is N#CCCCCn1cc2cc(Cc3ccccc3)oc2nc1=O. The number of nitriles is 1. The Morgan fingerprint density at radius 2 is 2.04 bits per heavy atom. The Bertz CT molecular complexity index is 888. The lowest BCUT2D eigenvalue weighted by Crippen LogP contribution is -2.21. The third-order valence-electron chi connectivity index (χ3n) is 3.69. The second-order valence-electron chi connectivity index (χ2n) is 5.47. The Kier molecular flexibility index (Phi) is 4.53. The summed E-state index contributed by atoms with van der Waals surface area (Å²) >= 11 is 0. The average Bonchev–Trinajstić information content (AvgIpc) is 2.93. The summed E-state index contributed by atoms with van der Waals surface area (Å²) in [5.74, 6) is 0.792. The predicted octanol–water partition coefficient (Wildman–Crippen LogP) is 3.27. The molecule has 1 aromatic carbocycles. The highest BCUT2D eigenvalue weighted by Gasteiger charge is 2.09. The largest absolute Gasteiger partial charge is 0.442 e. The standard InChI is InChI=1S/C18H17N3O2/c19-9-5-2-6-10-21-13-15-12-16(23-17(15)20-18(21)22)11-14-7-3-1-4-8-14/h1,3-4,7-8,12-13H,2,5-6,10-11H2. The molecule has 3 aromatic rings. The fourth-order valence-corrected chi connectivity index (χ4v) is 2.53. The van der Waals surface area contributed by atoms with E-state index in [0.717, 1.165) is 29.6 Å². The number of aromatic nitrogens is 2. The molecule has 0 fully saturated rings. The summed E-state index contributed by atoms with van der Waals surface area (Å²) in [6.45, 7) is 0.572. The first-order chi connectivity index (χ1) is 11.3. The maximum Gasteiger partial charge on any atom is 0.350 e. The van der Waals surface area contributed by atoms with Crippen molar-refractivity contribution in [1.29, 1.82) is 5.26 Å². The molecule has 5 heteroatoms. The molecule has 2 heterocycles. The molecule has 0 atom stereocenters. The minimum absolute atomic E-state index is 0.310. The molecule has 0 radical (unpaired) electrons. The van der Waals surface area contributed by atoms with Gasteiger partial charge in [0.25, 0.3) is 0 Å². The van der Waals surface area contributed by atoms with Crippen molar-refractivity contribution in [2.45, 2.75) is 32.2 Å². The van der Waals surface area contributed by atoms with Gasteiger partial charge in [0.05, 0.1) is 11.5 Å². The van der Waals surface area contributed by atoms with Gasteiger partial charge in [-0.3, -0.25) is 4.57 Å². The Hall–Kier alpha value is -2.87. The maximum atomic E-state index is 12.0. The predicted molar refractivity (Wildman–Crippen MR) is 87.0 cm³/mol. The number of fused-ring (bicyclic) bond motifs is 1. The normalized spacial score (nSPS) is 10.7. The first-order valence-electron chi connectivity index (χ1n) is 7.67. The summed E-state index contributed by atoms with van der Waals surface area (Å²) in [5, 5.41) is 9.37. The summed E-state index contributed by atoms with van der Waals surface area (Å²) in [6, 6.07) is 14.1. The smallest absolute Gasteiger partial charge is 0.350 e.